The van der Waals surface area contributed by atoms with Crippen molar-refractivity contribution >= 4 is 15.7 Å². The molecule has 0 aliphatic carbocycles. The summed E-state index contributed by atoms with van der Waals surface area (Å²) in [6.07, 6.45) is 3.57. The number of anilines is 1. The molecule has 0 spiro atoms. The minimum absolute atomic E-state index is 0.272. The summed E-state index contributed by atoms with van der Waals surface area (Å²) < 4.78 is 28.4. The first kappa shape index (κ1) is 17.8. The van der Waals surface area contributed by atoms with E-state index in [1.165, 1.54) is 18.4 Å². The second-order valence-corrected chi connectivity index (χ2v) is 7.37. The van der Waals surface area contributed by atoms with Crippen LogP contribution >= 0.6 is 0 Å². The molecule has 0 N–H and O–H groups in total. The van der Waals surface area contributed by atoms with Crippen molar-refractivity contribution in [1.82, 2.24) is 4.98 Å². The van der Waals surface area contributed by atoms with Crippen LogP contribution in [0.3, 0.4) is 0 Å². The smallest absolute Gasteiger partial charge is 0.175 e. The van der Waals surface area contributed by atoms with E-state index in [9.17, 15) is 8.42 Å². The van der Waals surface area contributed by atoms with Crippen LogP contribution in [0.25, 0.3) is 0 Å². The Morgan fingerprint density at radius 2 is 1.96 bits per heavy atom. The number of benzene rings is 1. The highest BCUT2D eigenvalue weighted by atomic mass is 32.2. The maximum absolute atomic E-state index is 11.4. The Labute approximate surface area is 142 Å². The van der Waals surface area contributed by atoms with Gasteiger partial charge in [-0.1, -0.05) is 0 Å². The van der Waals surface area contributed by atoms with E-state index in [0.717, 1.165) is 6.42 Å². The number of nitrogens with zero attached hydrogens (tertiary/aromatic N) is 3. The normalized spacial score (nSPS) is 10.9. The van der Waals surface area contributed by atoms with Crippen LogP contribution in [0.2, 0.25) is 0 Å². The van der Waals surface area contributed by atoms with Gasteiger partial charge in [-0.3, -0.25) is 0 Å². The maximum Gasteiger partial charge on any atom is 0.175 e. The van der Waals surface area contributed by atoms with Crippen LogP contribution < -0.4 is 9.64 Å². The summed E-state index contributed by atoms with van der Waals surface area (Å²) in [5.41, 5.74) is 0.539. The van der Waals surface area contributed by atoms with Crippen LogP contribution in [-0.4, -0.2) is 39.9 Å². The van der Waals surface area contributed by atoms with Gasteiger partial charge in [0, 0.05) is 26.0 Å². The van der Waals surface area contributed by atoms with E-state index in [1.54, 1.807) is 30.5 Å². The van der Waals surface area contributed by atoms with E-state index >= 15 is 0 Å². The predicted octanol–water partition coefficient (Wildman–Crippen LogP) is 2.26. The quantitative estimate of drug-likeness (QED) is 0.716. The Hall–Kier alpha value is -2.59. The van der Waals surface area contributed by atoms with Crippen molar-refractivity contribution in [3.63, 3.8) is 0 Å². The molecule has 1 aromatic heterocycles. The van der Waals surface area contributed by atoms with Crippen LogP contribution in [0.5, 0.6) is 5.75 Å². The Bertz CT molecular complexity index is 827. The fourth-order valence-electron chi connectivity index (χ4n) is 2.17. The molecule has 0 aliphatic heterocycles. The first-order valence-corrected chi connectivity index (χ1v) is 9.30. The van der Waals surface area contributed by atoms with E-state index in [2.05, 4.69) is 11.1 Å². The van der Waals surface area contributed by atoms with Gasteiger partial charge >= 0.3 is 0 Å². The summed E-state index contributed by atoms with van der Waals surface area (Å²) in [7, 11) is -1.31. The number of rotatable bonds is 7. The van der Waals surface area contributed by atoms with Crippen molar-refractivity contribution in [3.8, 4) is 11.8 Å². The summed E-state index contributed by atoms with van der Waals surface area (Å²) in [6, 6.07) is 11.9. The average Bonchev–Trinajstić information content (AvgIpc) is 2.58. The number of aromatic nitrogens is 1. The fraction of sp³-hybridized carbons (Fsp3) is 0.294. The van der Waals surface area contributed by atoms with Gasteiger partial charge in [0.25, 0.3) is 0 Å². The van der Waals surface area contributed by atoms with Gasteiger partial charge in [0.05, 0.1) is 17.1 Å². The molecule has 0 radical (unpaired) electrons. The molecule has 24 heavy (non-hydrogen) atoms. The van der Waals surface area contributed by atoms with E-state index in [1.807, 2.05) is 11.9 Å². The molecule has 126 valence electrons. The van der Waals surface area contributed by atoms with Gasteiger partial charge in [0.1, 0.15) is 17.6 Å². The highest BCUT2D eigenvalue weighted by Gasteiger charge is 2.08. The van der Waals surface area contributed by atoms with Gasteiger partial charge in [0.2, 0.25) is 0 Å². The zero-order valence-electron chi connectivity index (χ0n) is 13.6. The molecule has 2 aromatic rings. The topological polar surface area (TPSA) is 83.3 Å². The molecular formula is C17H19N3O3S. The molecule has 0 fully saturated rings. The summed E-state index contributed by atoms with van der Waals surface area (Å²) >= 11 is 0. The third kappa shape index (κ3) is 4.70. The van der Waals surface area contributed by atoms with Crippen LogP contribution in [-0.2, 0) is 9.84 Å². The van der Waals surface area contributed by atoms with Gasteiger partial charge in [-0.2, -0.15) is 5.26 Å². The molecule has 0 amide bonds. The number of pyridine rings is 1. The zero-order valence-corrected chi connectivity index (χ0v) is 14.5. The lowest BCUT2D eigenvalue weighted by atomic mass is 10.2. The molecule has 0 saturated carbocycles. The highest BCUT2D eigenvalue weighted by molar-refractivity contribution is 7.90. The minimum atomic E-state index is -3.19. The number of nitriles is 1. The van der Waals surface area contributed by atoms with Crippen molar-refractivity contribution in [2.45, 2.75) is 11.3 Å². The molecule has 7 heteroatoms. The molecule has 0 bridgehead atoms. The second kappa shape index (κ2) is 7.79. The van der Waals surface area contributed by atoms with Crippen LogP contribution in [0.4, 0.5) is 5.82 Å². The third-order valence-corrected chi connectivity index (χ3v) is 4.56. The maximum atomic E-state index is 11.4. The van der Waals surface area contributed by atoms with Crippen molar-refractivity contribution in [3.05, 3.63) is 48.2 Å². The largest absolute Gasteiger partial charge is 0.494 e. The van der Waals surface area contributed by atoms with Crippen LogP contribution in [0.15, 0.2) is 47.5 Å². The number of sulfone groups is 1. The monoisotopic (exact) mass is 345 g/mol. The van der Waals surface area contributed by atoms with Crippen molar-refractivity contribution in [2.24, 2.45) is 0 Å². The van der Waals surface area contributed by atoms with Crippen LogP contribution in [0, 0.1) is 11.3 Å². The SMILES string of the molecule is CN(CCCOc1ccc(S(C)(=O)=O)cc1)c1ncccc1C#N. The molecule has 1 aromatic carbocycles. The average molecular weight is 345 g/mol. The number of hydrogen-bond donors (Lipinski definition) is 0. The second-order valence-electron chi connectivity index (χ2n) is 5.35. The lowest BCUT2D eigenvalue weighted by molar-refractivity contribution is 0.312. The lowest BCUT2D eigenvalue weighted by Crippen LogP contribution is -2.22. The minimum Gasteiger partial charge on any atom is -0.494 e. The molecule has 0 unspecified atom stereocenters. The highest BCUT2D eigenvalue weighted by Crippen LogP contribution is 2.17. The third-order valence-electron chi connectivity index (χ3n) is 3.43. The Kier molecular flexibility index (Phi) is 5.77. The Balaban J connectivity index is 1.84. The summed E-state index contributed by atoms with van der Waals surface area (Å²) in [4.78, 5) is 6.41. The lowest BCUT2D eigenvalue weighted by Gasteiger charge is -2.19. The number of hydrogen-bond acceptors (Lipinski definition) is 6. The van der Waals surface area contributed by atoms with Crippen molar-refractivity contribution in [1.29, 1.82) is 5.26 Å². The molecule has 6 nitrogen and oxygen atoms in total. The summed E-state index contributed by atoms with van der Waals surface area (Å²) in [6.45, 7) is 1.17. The molecule has 0 aliphatic rings. The van der Waals surface area contributed by atoms with E-state index in [4.69, 9.17) is 10.00 Å². The Morgan fingerprint density at radius 1 is 1.25 bits per heavy atom. The van der Waals surface area contributed by atoms with E-state index in [-0.39, 0.29) is 4.90 Å². The Morgan fingerprint density at radius 3 is 2.58 bits per heavy atom. The van der Waals surface area contributed by atoms with E-state index < -0.39 is 9.84 Å². The number of ether oxygens (including phenoxy) is 1. The van der Waals surface area contributed by atoms with E-state index in [0.29, 0.717) is 30.3 Å². The predicted molar refractivity (Wildman–Crippen MR) is 91.9 cm³/mol. The first-order valence-electron chi connectivity index (χ1n) is 7.41. The summed E-state index contributed by atoms with van der Waals surface area (Å²) in [5.74, 6) is 1.28. The first-order chi connectivity index (χ1) is 11.4. The van der Waals surface area contributed by atoms with Crippen molar-refractivity contribution < 1.29 is 13.2 Å². The molecule has 0 saturated heterocycles. The molecule has 0 atom stereocenters. The fourth-order valence-corrected chi connectivity index (χ4v) is 2.80. The van der Waals surface area contributed by atoms with Gasteiger partial charge in [-0.05, 0) is 42.8 Å². The zero-order chi connectivity index (χ0) is 17.6. The van der Waals surface area contributed by atoms with Crippen molar-refractivity contribution in [2.75, 3.05) is 31.4 Å². The van der Waals surface area contributed by atoms with Gasteiger partial charge in [0.15, 0.2) is 9.84 Å². The summed E-state index contributed by atoms with van der Waals surface area (Å²) in [5, 5.41) is 9.08. The standard InChI is InChI=1S/C17H19N3O3S/c1-20(17-14(13-18)5-3-10-19-17)11-4-12-23-15-6-8-16(9-7-15)24(2,21)22/h3,5-10H,4,11-12H2,1-2H3. The van der Waals surface area contributed by atoms with Gasteiger partial charge in [-0.25, -0.2) is 13.4 Å². The van der Waals surface area contributed by atoms with Crippen LogP contribution in [0.1, 0.15) is 12.0 Å². The molecule has 2 rings (SSSR count). The van der Waals surface area contributed by atoms with Gasteiger partial charge < -0.3 is 9.64 Å². The molecule has 1 heterocycles. The van der Waals surface area contributed by atoms with Gasteiger partial charge in [-0.15, -0.1) is 0 Å². The molecular weight excluding hydrogens is 326 g/mol.